The minimum Gasteiger partial charge on any atom is -0.490 e. The number of alkyl carbamates (subject to hydrolysis) is 1. The lowest BCUT2D eigenvalue weighted by Crippen LogP contribution is -2.27. The van der Waals surface area contributed by atoms with Crippen LogP contribution in [-0.4, -0.2) is 28.9 Å². The zero-order valence-electron chi connectivity index (χ0n) is 18.2. The van der Waals surface area contributed by atoms with Crippen LogP contribution in [0.25, 0.3) is 22.8 Å². The molecule has 0 unspecified atom stereocenters. The van der Waals surface area contributed by atoms with Crippen LogP contribution in [0.15, 0.2) is 40.9 Å². The van der Waals surface area contributed by atoms with Gasteiger partial charge in [-0.2, -0.15) is 10.2 Å². The Morgan fingerprint density at radius 1 is 1.38 bits per heavy atom. The highest BCUT2D eigenvalue weighted by atomic mass is 16.5. The number of amides is 1. The summed E-state index contributed by atoms with van der Waals surface area (Å²) in [6.07, 6.45) is 1.10. The van der Waals surface area contributed by atoms with E-state index in [-0.39, 0.29) is 13.6 Å². The van der Waals surface area contributed by atoms with Gasteiger partial charge in [-0.05, 0) is 62.9 Å². The highest BCUT2D eigenvalue weighted by Crippen LogP contribution is 2.37. The van der Waals surface area contributed by atoms with Gasteiger partial charge >= 0.3 is 6.09 Å². The molecule has 3 aromatic rings. The van der Waals surface area contributed by atoms with Crippen molar-refractivity contribution in [3.05, 3.63) is 53.1 Å². The molecule has 1 atom stereocenters. The van der Waals surface area contributed by atoms with Crippen LogP contribution in [-0.2, 0) is 11.2 Å². The number of carbonyl (C=O) groups is 1. The fraction of sp³-hybridized carbons (Fsp3) is 0.333. The first kappa shape index (κ1) is 21.4. The summed E-state index contributed by atoms with van der Waals surface area (Å²) < 4.78 is 16.2. The van der Waals surface area contributed by atoms with Crippen molar-refractivity contribution in [2.45, 2.75) is 45.8 Å². The monoisotopic (exact) mass is 434 g/mol. The third kappa shape index (κ3) is 4.28. The van der Waals surface area contributed by atoms with Crippen LogP contribution >= 0.6 is 0 Å². The Labute approximate surface area is 187 Å². The molecular weight excluding hydrogens is 408 g/mol. The zero-order valence-corrected chi connectivity index (χ0v) is 18.2. The Balaban J connectivity index is 0.00000306. The number of aromatic nitrogens is 2. The number of hydrogen-bond donors (Lipinski definition) is 1. The molecule has 0 aliphatic heterocycles. The number of nitriles is 1. The molecule has 0 saturated heterocycles. The third-order valence-electron chi connectivity index (χ3n) is 5.21. The third-order valence-corrected chi connectivity index (χ3v) is 5.21. The molecule has 166 valence electrons. The molecule has 8 heteroatoms. The summed E-state index contributed by atoms with van der Waals surface area (Å²) in [6.45, 7) is 5.92. The predicted octanol–water partition coefficient (Wildman–Crippen LogP) is 5.04. The smallest absolute Gasteiger partial charge is 0.407 e. The normalized spacial score (nSPS) is 14.7. The molecule has 32 heavy (non-hydrogen) atoms. The Hall–Kier alpha value is -3.86. The van der Waals surface area contributed by atoms with E-state index in [1.165, 1.54) is 0 Å². The highest BCUT2D eigenvalue weighted by Gasteiger charge is 2.28. The van der Waals surface area contributed by atoms with Gasteiger partial charge < -0.3 is 19.3 Å². The van der Waals surface area contributed by atoms with Crippen LogP contribution < -0.4 is 10.1 Å². The number of fused-ring (bicyclic) bond motifs is 1. The molecular formula is C24H26N4O4. The molecule has 0 saturated carbocycles. The lowest BCUT2D eigenvalue weighted by molar-refractivity contribution is 0.148. The first-order valence-electron chi connectivity index (χ1n) is 10.6. The van der Waals surface area contributed by atoms with E-state index in [2.05, 4.69) is 21.5 Å². The standard InChI is InChI=1S/C24H24N4O4.H2/c1-4-30-24(29)26-20-10-9-17-18(20)6-5-7-19(17)22-27-23(32-28-22)15-8-11-21(31-14(2)3)16(12-15)13-25;/h5-8,11-12,14,20H,4,9-10H2,1-3H3,(H,26,29);1H/t20-;/m1./s1. The molecule has 1 aliphatic carbocycles. The quantitative estimate of drug-likeness (QED) is 0.578. The number of carbonyl (C=O) groups excluding carboxylic acids is 1. The molecule has 0 radical (unpaired) electrons. The van der Waals surface area contributed by atoms with Gasteiger partial charge in [0.05, 0.1) is 24.3 Å². The predicted molar refractivity (Wildman–Crippen MR) is 119 cm³/mol. The lowest BCUT2D eigenvalue weighted by Gasteiger charge is -2.14. The summed E-state index contributed by atoms with van der Waals surface area (Å²) in [4.78, 5) is 16.4. The SMILES string of the molecule is CCOC(=O)N[C@@H]1CCc2c(-c3noc(-c4ccc(OC(C)C)c(C#N)c4)n3)cccc21.[HH]. The van der Waals surface area contributed by atoms with Crippen molar-refractivity contribution in [1.29, 1.82) is 5.26 Å². The Morgan fingerprint density at radius 2 is 2.22 bits per heavy atom. The molecule has 2 aromatic carbocycles. The maximum Gasteiger partial charge on any atom is 0.407 e. The van der Waals surface area contributed by atoms with Crippen molar-refractivity contribution in [3.8, 4) is 34.7 Å². The van der Waals surface area contributed by atoms with Gasteiger partial charge in [-0.25, -0.2) is 4.79 Å². The largest absolute Gasteiger partial charge is 0.490 e. The molecule has 1 N–H and O–H groups in total. The maximum absolute atomic E-state index is 11.9. The second-order valence-corrected chi connectivity index (χ2v) is 7.74. The fourth-order valence-corrected chi connectivity index (χ4v) is 3.89. The minimum absolute atomic E-state index is 0. The molecule has 0 fully saturated rings. The van der Waals surface area contributed by atoms with Crippen molar-refractivity contribution in [2.75, 3.05) is 6.61 Å². The van der Waals surface area contributed by atoms with Gasteiger partial charge in [0.2, 0.25) is 5.82 Å². The van der Waals surface area contributed by atoms with Gasteiger partial charge in [-0.15, -0.1) is 0 Å². The van der Waals surface area contributed by atoms with Crippen LogP contribution in [0.2, 0.25) is 0 Å². The van der Waals surface area contributed by atoms with E-state index >= 15 is 0 Å². The van der Waals surface area contributed by atoms with Gasteiger partial charge in [0.1, 0.15) is 11.8 Å². The van der Waals surface area contributed by atoms with Gasteiger partial charge in [0.25, 0.3) is 5.89 Å². The van der Waals surface area contributed by atoms with E-state index in [9.17, 15) is 10.1 Å². The van der Waals surface area contributed by atoms with Crippen molar-refractivity contribution in [1.82, 2.24) is 15.5 Å². The first-order valence-corrected chi connectivity index (χ1v) is 10.6. The van der Waals surface area contributed by atoms with Crippen LogP contribution in [0.4, 0.5) is 4.79 Å². The van der Waals surface area contributed by atoms with Gasteiger partial charge in [-0.1, -0.05) is 23.4 Å². The van der Waals surface area contributed by atoms with Crippen LogP contribution in [0.1, 0.15) is 51.4 Å². The molecule has 8 nitrogen and oxygen atoms in total. The average molecular weight is 434 g/mol. The highest BCUT2D eigenvalue weighted by molar-refractivity contribution is 5.70. The molecule has 0 bridgehead atoms. The molecule has 1 heterocycles. The number of hydrogen-bond acceptors (Lipinski definition) is 7. The second-order valence-electron chi connectivity index (χ2n) is 7.74. The van der Waals surface area contributed by atoms with E-state index in [0.29, 0.717) is 35.2 Å². The lowest BCUT2D eigenvalue weighted by atomic mass is 10.0. The zero-order chi connectivity index (χ0) is 22.7. The molecule has 0 spiro atoms. The number of ether oxygens (including phenoxy) is 2. The number of nitrogens with one attached hydrogen (secondary N) is 1. The van der Waals surface area contributed by atoms with Crippen molar-refractivity contribution < 1.29 is 20.2 Å². The van der Waals surface area contributed by atoms with E-state index < -0.39 is 6.09 Å². The van der Waals surface area contributed by atoms with Gasteiger partial charge in [0, 0.05) is 12.6 Å². The molecule has 1 aliphatic rings. The number of rotatable bonds is 6. The Kier molecular flexibility index (Phi) is 6.08. The topological polar surface area (TPSA) is 110 Å². The summed E-state index contributed by atoms with van der Waals surface area (Å²) in [5, 5.41) is 16.6. The fourth-order valence-electron chi connectivity index (χ4n) is 3.89. The molecule has 1 amide bonds. The Bertz CT molecular complexity index is 1190. The number of benzene rings is 2. The van der Waals surface area contributed by atoms with E-state index in [0.717, 1.165) is 29.5 Å². The second kappa shape index (κ2) is 9.10. The van der Waals surface area contributed by atoms with Crippen LogP contribution in [0, 0.1) is 11.3 Å². The number of nitrogens with zero attached hydrogens (tertiary/aromatic N) is 3. The summed E-state index contributed by atoms with van der Waals surface area (Å²) >= 11 is 0. The summed E-state index contributed by atoms with van der Waals surface area (Å²) in [7, 11) is 0. The van der Waals surface area contributed by atoms with Gasteiger partial charge in [0.15, 0.2) is 0 Å². The average Bonchev–Trinajstić information content (AvgIpc) is 3.41. The minimum atomic E-state index is -0.421. The molecule has 1 aromatic heterocycles. The van der Waals surface area contributed by atoms with Crippen molar-refractivity contribution in [3.63, 3.8) is 0 Å². The van der Waals surface area contributed by atoms with E-state index in [1.807, 2.05) is 32.0 Å². The Morgan fingerprint density at radius 3 is 2.97 bits per heavy atom. The van der Waals surface area contributed by atoms with E-state index in [4.69, 9.17) is 14.0 Å². The van der Waals surface area contributed by atoms with Crippen LogP contribution in [0.5, 0.6) is 5.75 Å². The summed E-state index contributed by atoms with van der Waals surface area (Å²) in [5.41, 5.74) is 4.03. The first-order chi connectivity index (χ1) is 15.5. The van der Waals surface area contributed by atoms with Crippen LogP contribution in [0.3, 0.4) is 0 Å². The summed E-state index contributed by atoms with van der Waals surface area (Å²) in [5.74, 6) is 1.31. The van der Waals surface area contributed by atoms with Gasteiger partial charge in [-0.3, -0.25) is 0 Å². The summed E-state index contributed by atoms with van der Waals surface area (Å²) in [6, 6.07) is 13.1. The molecule has 4 rings (SSSR count). The van der Waals surface area contributed by atoms with Crippen molar-refractivity contribution in [2.24, 2.45) is 0 Å². The van der Waals surface area contributed by atoms with E-state index in [1.54, 1.807) is 25.1 Å². The maximum atomic E-state index is 11.9. The van der Waals surface area contributed by atoms with Crippen molar-refractivity contribution >= 4 is 6.09 Å².